The smallest absolute Gasteiger partial charge is 0.106 e. The number of rotatable bonds is 1. The van der Waals surface area contributed by atoms with Gasteiger partial charge in [-0.3, -0.25) is 0 Å². The number of aromatic nitrogens is 1. The van der Waals surface area contributed by atoms with Crippen LogP contribution in [0.5, 0.6) is 0 Å². The number of thiazole rings is 1. The summed E-state index contributed by atoms with van der Waals surface area (Å²) in [5, 5.41) is 0. The molecule has 17 heavy (non-hydrogen) atoms. The van der Waals surface area contributed by atoms with Gasteiger partial charge in [-0.25, -0.2) is 4.98 Å². The third-order valence-corrected chi connectivity index (χ3v) is 4.26. The SMILES string of the molecule is Nc1c(N2CCCCCC2)ccc2scnc12. The average Bonchev–Trinajstić information content (AvgIpc) is 2.66. The Kier molecular flexibility index (Phi) is 2.89. The van der Waals surface area contributed by atoms with E-state index in [1.807, 2.05) is 5.51 Å². The molecule has 3 nitrogen and oxygen atoms in total. The van der Waals surface area contributed by atoms with Gasteiger partial charge in [0.1, 0.15) is 5.52 Å². The molecule has 0 unspecified atom stereocenters. The third kappa shape index (κ3) is 1.97. The zero-order chi connectivity index (χ0) is 11.7. The molecule has 1 aromatic heterocycles. The van der Waals surface area contributed by atoms with Gasteiger partial charge in [-0.15, -0.1) is 11.3 Å². The van der Waals surface area contributed by atoms with Crippen molar-refractivity contribution in [2.75, 3.05) is 23.7 Å². The lowest BCUT2D eigenvalue weighted by molar-refractivity contribution is 0.726. The van der Waals surface area contributed by atoms with E-state index in [2.05, 4.69) is 22.0 Å². The maximum Gasteiger partial charge on any atom is 0.106 e. The van der Waals surface area contributed by atoms with Crippen LogP contribution in [-0.2, 0) is 0 Å². The van der Waals surface area contributed by atoms with Crippen LogP contribution in [0.4, 0.5) is 11.4 Å². The number of benzene rings is 1. The van der Waals surface area contributed by atoms with Gasteiger partial charge in [-0.1, -0.05) is 12.8 Å². The summed E-state index contributed by atoms with van der Waals surface area (Å²) in [5.74, 6) is 0. The van der Waals surface area contributed by atoms with Gasteiger partial charge in [0.05, 0.1) is 21.6 Å². The van der Waals surface area contributed by atoms with Gasteiger partial charge < -0.3 is 10.6 Å². The minimum Gasteiger partial charge on any atom is -0.395 e. The van der Waals surface area contributed by atoms with Gasteiger partial charge >= 0.3 is 0 Å². The van der Waals surface area contributed by atoms with Crippen LogP contribution in [0.1, 0.15) is 25.7 Å². The average molecular weight is 247 g/mol. The van der Waals surface area contributed by atoms with Gasteiger partial charge in [-0.2, -0.15) is 0 Å². The maximum atomic E-state index is 6.25. The van der Waals surface area contributed by atoms with Crippen molar-refractivity contribution in [2.24, 2.45) is 0 Å². The number of hydrogen-bond acceptors (Lipinski definition) is 4. The van der Waals surface area contributed by atoms with Crippen LogP contribution in [0.25, 0.3) is 10.2 Å². The van der Waals surface area contributed by atoms with Crippen molar-refractivity contribution in [3.8, 4) is 0 Å². The van der Waals surface area contributed by atoms with Crippen LogP contribution < -0.4 is 10.6 Å². The van der Waals surface area contributed by atoms with Crippen molar-refractivity contribution in [1.29, 1.82) is 0 Å². The molecule has 0 aliphatic carbocycles. The van der Waals surface area contributed by atoms with E-state index in [4.69, 9.17) is 5.73 Å². The van der Waals surface area contributed by atoms with E-state index in [1.54, 1.807) is 11.3 Å². The molecule has 0 amide bonds. The summed E-state index contributed by atoms with van der Waals surface area (Å²) in [7, 11) is 0. The quantitative estimate of drug-likeness (QED) is 0.786. The van der Waals surface area contributed by atoms with Crippen LogP contribution in [0.15, 0.2) is 17.6 Å². The van der Waals surface area contributed by atoms with E-state index in [1.165, 1.54) is 36.1 Å². The molecule has 90 valence electrons. The first-order valence-corrected chi connectivity index (χ1v) is 7.11. The van der Waals surface area contributed by atoms with E-state index in [0.717, 1.165) is 24.3 Å². The van der Waals surface area contributed by atoms with E-state index < -0.39 is 0 Å². The summed E-state index contributed by atoms with van der Waals surface area (Å²) >= 11 is 1.65. The lowest BCUT2D eigenvalue weighted by Crippen LogP contribution is -2.24. The highest BCUT2D eigenvalue weighted by atomic mass is 32.1. The maximum absolute atomic E-state index is 6.25. The number of nitrogens with zero attached hydrogens (tertiary/aromatic N) is 2. The van der Waals surface area contributed by atoms with Crippen LogP contribution in [0.2, 0.25) is 0 Å². The van der Waals surface area contributed by atoms with Gasteiger partial charge in [-0.05, 0) is 25.0 Å². The standard InChI is InChI=1S/C13H17N3S/c14-12-10(16-7-3-1-2-4-8-16)5-6-11-13(12)15-9-17-11/h5-6,9H,1-4,7-8,14H2. The second kappa shape index (κ2) is 4.53. The van der Waals surface area contributed by atoms with Gasteiger partial charge in [0.25, 0.3) is 0 Å². The normalized spacial score (nSPS) is 17.3. The number of hydrogen-bond donors (Lipinski definition) is 1. The van der Waals surface area contributed by atoms with E-state index in [-0.39, 0.29) is 0 Å². The highest BCUT2D eigenvalue weighted by Gasteiger charge is 2.14. The molecule has 1 aromatic carbocycles. The monoisotopic (exact) mass is 247 g/mol. The van der Waals surface area contributed by atoms with E-state index in [0.29, 0.717) is 0 Å². The van der Waals surface area contributed by atoms with Crippen LogP contribution in [-0.4, -0.2) is 18.1 Å². The molecule has 3 rings (SSSR count). The Hall–Kier alpha value is -1.29. The highest BCUT2D eigenvalue weighted by Crippen LogP contribution is 2.33. The molecule has 1 saturated heterocycles. The fourth-order valence-electron chi connectivity index (χ4n) is 2.53. The number of nitrogens with two attached hydrogens (primary N) is 1. The minimum atomic E-state index is 0.852. The summed E-state index contributed by atoms with van der Waals surface area (Å²) in [6, 6.07) is 4.30. The minimum absolute atomic E-state index is 0.852. The van der Waals surface area contributed by atoms with Gasteiger partial charge in [0.2, 0.25) is 0 Å². The first kappa shape index (κ1) is 10.8. The molecule has 0 bridgehead atoms. The topological polar surface area (TPSA) is 42.1 Å². The first-order valence-electron chi connectivity index (χ1n) is 6.23. The summed E-state index contributed by atoms with van der Waals surface area (Å²) < 4.78 is 1.18. The molecule has 2 N–H and O–H groups in total. The van der Waals surface area contributed by atoms with Crippen molar-refractivity contribution >= 4 is 32.9 Å². The number of fused-ring (bicyclic) bond motifs is 1. The lowest BCUT2D eigenvalue weighted by atomic mass is 10.2. The Balaban J connectivity index is 2.00. The Morgan fingerprint density at radius 3 is 2.65 bits per heavy atom. The molecule has 0 spiro atoms. The Morgan fingerprint density at radius 1 is 1.12 bits per heavy atom. The fourth-order valence-corrected chi connectivity index (χ4v) is 3.22. The predicted molar refractivity (Wildman–Crippen MR) is 74.7 cm³/mol. The molecular weight excluding hydrogens is 230 g/mol. The van der Waals surface area contributed by atoms with E-state index in [9.17, 15) is 0 Å². The zero-order valence-corrected chi connectivity index (χ0v) is 10.7. The van der Waals surface area contributed by atoms with Crippen molar-refractivity contribution < 1.29 is 0 Å². The Morgan fingerprint density at radius 2 is 1.88 bits per heavy atom. The fraction of sp³-hybridized carbons (Fsp3) is 0.462. The highest BCUT2D eigenvalue weighted by molar-refractivity contribution is 7.16. The molecule has 1 aliphatic rings. The molecule has 0 atom stereocenters. The summed E-state index contributed by atoms with van der Waals surface area (Å²) in [4.78, 5) is 6.78. The summed E-state index contributed by atoms with van der Waals surface area (Å²) in [6.07, 6.45) is 5.23. The Labute approximate surface area is 105 Å². The Bertz CT molecular complexity index is 512. The van der Waals surface area contributed by atoms with Crippen molar-refractivity contribution in [2.45, 2.75) is 25.7 Å². The third-order valence-electron chi connectivity index (χ3n) is 3.47. The first-order chi connectivity index (χ1) is 8.36. The van der Waals surface area contributed by atoms with E-state index >= 15 is 0 Å². The molecular formula is C13H17N3S. The largest absolute Gasteiger partial charge is 0.395 e. The van der Waals surface area contributed by atoms with Crippen LogP contribution in [0, 0.1) is 0 Å². The summed E-state index contributed by atoms with van der Waals surface area (Å²) in [5.41, 5.74) is 11.1. The van der Waals surface area contributed by atoms with Crippen LogP contribution >= 0.6 is 11.3 Å². The van der Waals surface area contributed by atoms with Crippen molar-refractivity contribution in [1.82, 2.24) is 4.98 Å². The van der Waals surface area contributed by atoms with Gasteiger partial charge in [0, 0.05) is 13.1 Å². The molecule has 0 radical (unpaired) electrons. The number of anilines is 2. The summed E-state index contributed by atoms with van der Waals surface area (Å²) in [6.45, 7) is 2.25. The zero-order valence-electron chi connectivity index (χ0n) is 9.85. The van der Waals surface area contributed by atoms with Gasteiger partial charge in [0.15, 0.2) is 0 Å². The van der Waals surface area contributed by atoms with Crippen molar-refractivity contribution in [3.63, 3.8) is 0 Å². The lowest BCUT2D eigenvalue weighted by Gasteiger charge is -2.24. The van der Waals surface area contributed by atoms with Crippen LogP contribution in [0.3, 0.4) is 0 Å². The second-order valence-corrected chi connectivity index (χ2v) is 5.49. The molecule has 1 aliphatic heterocycles. The second-order valence-electron chi connectivity index (χ2n) is 4.60. The molecule has 2 aromatic rings. The number of nitrogen functional groups attached to an aromatic ring is 1. The molecule has 1 fully saturated rings. The molecule has 2 heterocycles. The molecule has 0 saturated carbocycles. The predicted octanol–water partition coefficient (Wildman–Crippen LogP) is 3.26. The molecule has 4 heteroatoms. The van der Waals surface area contributed by atoms with Crippen molar-refractivity contribution in [3.05, 3.63) is 17.6 Å².